The molecule has 2 heteroatoms. The maximum atomic E-state index is 16.2. The van der Waals surface area contributed by atoms with Gasteiger partial charge in [0.15, 0.2) is 0 Å². The highest BCUT2D eigenvalue weighted by molar-refractivity contribution is 6.10. The Morgan fingerprint density at radius 1 is 0.575 bits per heavy atom. The average molecular weight is 520 g/mol. The first-order chi connectivity index (χ1) is 19.4. The molecule has 0 fully saturated rings. The topological polar surface area (TPSA) is 3.24 Å². The second-order valence-corrected chi connectivity index (χ2v) is 11.2. The number of anilines is 3. The molecule has 0 saturated carbocycles. The average Bonchev–Trinajstić information content (AvgIpc) is 3.21. The van der Waals surface area contributed by atoms with Crippen LogP contribution in [-0.2, 0) is 5.41 Å². The Labute approximate surface area is 235 Å². The van der Waals surface area contributed by atoms with E-state index in [1.807, 2.05) is 60.7 Å². The molecular weight excluding hydrogens is 489 g/mol. The van der Waals surface area contributed by atoms with Gasteiger partial charge < -0.3 is 4.90 Å². The minimum Gasteiger partial charge on any atom is -0.307 e. The molecule has 0 bridgehead atoms. The summed E-state index contributed by atoms with van der Waals surface area (Å²) in [6.45, 7) is 6.76. The van der Waals surface area contributed by atoms with Gasteiger partial charge in [-0.2, -0.15) is 0 Å². The molecule has 0 saturated heterocycles. The van der Waals surface area contributed by atoms with Gasteiger partial charge >= 0.3 is 0 Å². The maximum absolute atomic E-state index is 16.2. The molecule has 0 heterocycles. The number of halogens is 1. The fourth-order valence-corrected chi connectivity index (χ4v) is 6.35. The van der Waals surface area contributed by atoms with Crippen molar-refractivity contribution in [1.82, 2.24) is 0 Å². The van der Waals surface area contributed by atoms with Gasteiger partial charge in [0.1, 0.15) is 5.82 Å². The normalized spacial score (nSPS) is 13.2. The number of nitrogens with zero attached hydrogens (tertiary/aromatic N) is 1. The molecule has 7 rings (SSSR count). The highest BCUT2D eigenvalue weighted by Gasteiger charge is 2.38. The third-order valence-electron chi connectivity index (χ3n) is 8.36. The van der Waals surface area contributed by atoms with Crippen LogP contribution >= 0.6 is 0 Å². The van der Waals surface area contributed by atoms with Crippen molar-refractivity contribution in [3.05, 3.63) is 150 Å². The van der Waals surface area contributed by atoms with Gasteiger partial charge in [0.25, 0.3) is 0 Å². The zero-order valence-corrected chi connectivity index (χ0v) is 22.9. The molecule has 1 aliphatic carbocycles. The van der Waals surface area contributed by atoms with Crippen LogP contribution in [0.2, 0.25) is 0 Å². The van der Waals surface area contributed by atoms with E-state index in [1.165, 1.54) is 33.2 Å². The SMILES string of the molecule is Cc1ccc2c(c1)C(C)(C)c1cc(N(c3ccccc3)c3ccc(-c4ccccc4)cc3F)c3ccccc3c1-2. The fourth-order valence-electron chi connectivity index (χ4n) is 6.35. The van der Waals surface area contributed by atoms with Gasteiger partial charge in [0, 0.05) is 16.5 Å². The van der Waals surface area contributed by atoms with Crippen LogP contribution in [0.4, 0.5) is 21.5 Å². The van der Waals surface area contributed by atoms with Crippen molar-refractivity contribution in [3.63, 3.8) is 0 Å². The van der Waals surface area contributed by atoms with Gasteiger partial charge in [-0.05, 0) is 76.0 Å². The van der Waals surface area contributed by atoms with E-state index >= 15 is 4.39 Å². The largest absolute Gasteiger partial charge is 0.307 e. The Kier molecular flexibility index (Phi) is 5.61. The molecule has 6 aromatic carbocycles. The molecule has 1 nitrogen and oxygen atoms in total. The first-order valence-electron chi connectivity index (χ1n) is 13.8. The summed E-state index contributed by atoms with van der Waals surface area (Å²) < 4.78 is 16.2. The Morgan fingerprint density at radius 2 is 1.25 bits per heavy atom. The number of fused-ring (bicyclic) bond motifs is 5. The van der Waals surface area contributed by atoms with Gasteiger partial charge in [-0.25, -0.2) is 4.39 Å². The van der Waals surface area contributed by atoms with Crippen molar-refractivity contribution in [3.8, 4) is 22.3 Å². The van der Waals surface area contributed by atoms with Gasteiger partial charge in [-0.15, -0.1) is 0 Å². The highest BCUT2D eigenvalue weighted by Crippen LogP contribution is 2.54. The molecule has 0 atom stereocenters. The van der Waals surface area contributed by atoms with E-state index < -0.39 is 0 Å². The molecule has 40 heavy (non-hydrogen) atoms. The molecule has 6 aromatic rings. The summed E-state index contributed by atoms with van der Waals surface area (Å²) >= 11 is 0. The van der Waals surface area contributed by atoms with Crippen LogP contribution in [0.25, 0.3) is 33.0 Å². The van der Waals surface area contributed by atoms with Crippen LogP contribution in [0.1, 0.15) is 30.5 Å². The maximum Gasteiger partial charge on any atom is 0.147 e. The van der Waals surface area contributed by atoms with Crippen molar-refractivity contribution < 1.29 is 4.39 Å². The zero-order chi connectivity index (χ0) is 27.4. The summed E-state index contributed by atoms with van der Waals surface area (Å²) in [5.41, 5.74) is 10.5. The Morgan fingerprint density at radius 3 is 1.98 bits per heavy atom. The van der Waals surface area contributed by atoms with E-state index in [9.17, 15) is 0 Å². The lowest BCUT2D eigenvalue weighted by molar-refractivity contribution is 0.629. The Balaban J connectivity index is 1.50. The van der Waals surface area contributed by atoms with E-state index in [4.69, 9.17) is 0 Å². The minimum atomic E-state index is -0.257. The predicted octanol–water partition coefficient (Wildman–Crippen LogP) is 10.7. The molecule has 0 radical (unpaired) electrons. The smallest absolute Gasteiger partial charge is 0.147 e. The van der Waals surface area contributed by atoms with Crippen molar-refractivity contribution >= 4 is 27.8 Å². The fraction of sp³-hybridized carbons (Fsp3) is 0.105. The van der Waals surface area contributed by atoms with E-state index in [0.29, 0.717) is 5.69 Å². The molecule has 194 valence electrons. The quantitative estimate of drug-likeness (QED) is 0.224. The van der Waals surface area contributed by atoms with Crippen LogP contribution in [0.3, 0.4) is 0 Å². The Hall–Kier alpha value is -4.69. The van der Waals surface area contributed by atoms with Crippen molar-refractivity contribution in [2.75, 3.05) is 4.90 Å². The summed E-state index contributed by atoms with van der Waals surface area (Å²) in [6.07, 6.45) is 0. The van der Waals surface area contributed by atoms with Crippen molar-refractivity contribution in [2.45, 2.75) is 26.2 Å². The third kappa shape index (κ3) is 3.75. The lowest BCUT2D eigenvalue weighted by atomic mass is 9.81. The predicted molar refractivity (Wildman–Crippen MR) is 166 cm³/mol. The van der Waals surface area contributed by atoms with Gasteiger partial charge in [-0.3, -0.25) is 0 Å². The molecule has 0 aliphatic heterocycles. The van der Waals surface area contributed by atoms with Gasteiger partial charge in [0.05, 0.1) is 11.4 Å². The molecule has 0 unspecified atom stereocenters. The molecule has 1 aliphatic rings. The van der Waals surface area contributed by atoms with E-state index in [1.54, 1.807) is 6.07 Å². The molecule has 0 amide bonds. The van der Waals surface area contributed by atoms with Crippen LogP contribution in [0.5, 0.6) is 0 Å². The minimum absolute atomic E-state index is 0.187. The third-order valence-corrected chi connectivity index (χ3v) is 8.36. The van der Waals surface area contributed by atoms with Crippen molar-refractivity contribution in [2.24, 2.45) is 0 Å². The van der Waals surface area contributed by atoms with Crippen LogP contribution in [-0.4, -0.2) is 0 Å². The standard InChI is InChI=1S/C38H30FN/c1-25-18-20-31-32(22-25)38(2,3)33-24-36(29-16-10-11-17-30(29)37(31)33)40(28-14-8-5-9-15-28)35-21-19-27(23-34(35)39)26-12-6-4-7-13-26/h4-24H,1-3H3. The first-order valence-corrected chi connectivity index (χ1v) is 13.8. The van der Waals surface area contributed by atoms with Crippen LogP contribution < -0.4 is 4.90 Å². The summed E-state index contributed by atoms with van der Waals surface area (Å²) in [6, 6.07) is 43.3. The molecule has 0 spiro atoms. The summed E-state index contributed by atoms with van der Waals surface area (Å²) in [5, 5.41) is 2.29. The second-order valence-electron chi connectivity index (χ2n) is 11.2. The Bertz CT molecular complexity index is 1890. The number of rotatable bonds is 4. The summed E-state index contributed by atoms with van der Waals surface area (Å²) in [4.78, 5) is 2.08. The van der Waals surface area contributed by atoms with E-state index in [2.05, 4.69) is 86.3 Å². The number of para-hydroxylation sites is 1. The van der Waals surface area contributed by atoms with Crippen molar-refractivity contribution in [1.29, 1.82) is 0 Å². The molecule has 0 aromatic heterocycles. The number of hydrogen-bond acceptors (Lipinski definition) is 1. The van der Waals surface area contributed by atoms with Crippen LogP contribution in [0.15, 0.2) is 127 Å². The highest BCUT2D eigenvalue weighted by atomic mass is 19.1. The first kappa shape index (κ1) is 24.4. The molecule has 0 N–H and O–H groups in total. The number of benzene rings is 6. The molecular formula is C38H30FN. The number of hydrogen-bond donors (Lipinski definition) is 0. The number of aryl methyl sites for hydroxylation is 1. The van der Waals surface area contributed by atoms with Gasteiger partial charge in [-0.1, -0.05) is 116 Å². The van der Waals surface area contributed by atoms with E-state index in [0.717, 1.165) is 27.9 Å². The summed E-state index contributed by atoms with van der Waals surface area (Å²) in [7, 11) is 0. The lowest BCUT2D eigenvalue weighted by Gasteiger charge is -2.30. The van der Waals surface area contributed by atoms with Gasteiger partial charge in [0.2, 0.25) is 0 Å². The lowest BCUT2D eigenvalue weighted by Crippen LogP contribution is -2.17. The summed E-state index contributed by atoms with van der Waals surface area (Å²) in [5.74, 6) is -0.257. The zero-order valence-electron chi connectivity index (χ0n) is 22.9. The van der Waals surface area contributed by atoms with E-state index in [-0.39, 0.29) is 11.2 Å². The second kappa shape index (κ2) is 9.20. The monoisotopic (exact) mass is 519 g/mol. The van der Waals surface area contributed by atoms with Crippen LogP contribution in [0, 0.1) is 12.7 Å².